The lowest BCUT2D eigenvalue weighted by molar-refractivity contribution is 0.113. The Bertz CT molecular complexity index is 509. The van der Waals surface area contributed by atoms with Crippen LogP contribution in [-0.4, -0.2) is 44.3 Å². The monoisotopic (exact) mass is 332 g/mol. The molecule has 1 fully saturated rings. The van der Waals surface area contributed by atoms with Crippen LogP contribution < -0.4 is 16.0 Å². The topological polar surface area (TPSA) is 57.7 Å². The number of guanidine groups is 1. The number of hydrogen-bond donors (Lipinski definition) is 3. The van der Waals surface area contributed by atoms with E-state index in [0.717, 1.165) is 38.5 Å². The molecule has 0 radical (unpaired) electrons. The van der Waals surface area contributed by atoms with Crippen molar-refractivity contribution in [2.24, 2.45) is 4.99 Å². The summed E-state index contributed by atoms with van der Waals surface area (Å²) in [6.07, 6.45) is 2.60. The van der Waals surface area contributed by atoms with Crippen LogP contribution >= 0.6 is 0 Å². The highest BCUT2D eigenvalue weighted by Gasteiger charge is 2.21. The first-order valence-corrected chi connectivity index (χ1v) is 8.89. The average Bonchev–Trinajstić information content (AvgIpc) is 3.09. The van der Waals surface area contributed by atoms with E-state index < -0.39 is 0 Å². The highest BCUT2D eigenvalue weighted by Crippen LogP contribution is 2.15. The average molecular weight is 332 g/mol. The maximum Gasteiger partial charge on any atom is 0.191 e. The normalized spacial score (nSPS) is 20.0. The van der Waals surface area contributed by atoms with E-state index in [-0.39, 0.29) is 5.54 Å². The van der Waals surface area contributed by atoms with Gasteiger partial charge in [0.15, 0.2) is 5.96 Å². The van der Waals surface area contributed by atoms with E-state index in [1.807, 2.05) is 6.07 Å². The molecule has 0 amide bonds. The van der Waals surface area contributed by atoms with E-state index in [0.29, 0.717) is 12.1 Å². The molecule has 1 saturated heterocycles. The number of ether oxygens (including phenoxy) is 1. The molecule has 24 heavy (non-hydrogen) atoms. The fraction of sp³-hybridized carbons (Fsp3) is 0.632. The smallest absolute Gasteiger partial charge is 0.191 e. The van der Waals surface area contributed by atoms with Crippen molar-refractivity contribution in [3.05, 3.63) is 35.9 Å². The van der Waals surface area contributed by atoms with Gasteiger partial charge in [-0.1, -0.05) is 30.3 Å². The summed E-state index contributed by atoms with van der Waals surface area (Å²) in [4.78, 5) is 4.30. The van der Waals surface area contributed by atoms with Gasteiger partial charge >= 0.3 is 0 Å². The van der Waals surface area contributed by atoms with Crippen LogP contribution in [0.2, 0.25) is 0 Å². The van der Waals surface area contributed by atoms with Crippen molar-refractivity contribution in [1.82, 2.24) is 16.0 Å². The summed E-state index contributed by atoms with van der Waals surface area (Å²) >= 11 is 0. The quantitative estimate of drug-likeness (QED) is 0.530. The minimum absolute atomic E-state index is 0.0588. The Morgan fingerprint density at radius 2 is 2.04 bits per heavy atom. The molecule has 134 valence electrons. The van der Waals surface area contributed by atoms with Gasteiger partial charge in [0.2, 0.25) is 0 Å². The van der Waals surface area contributed by atoms with Gasteiger partial charge in [0.05, 0.1) is 6.10 Å². The molecule has 0 spiro atoms. The molecule has 1 aromatic carbocycles. The molecular weight excluding hydrogens is 300 g/mol. The van der Waals surface area contributed by atoms with Crippen molar-refractivity contribution < 1.29 is 4.74 Å². The lowest BCUT2D eigenvalue weighted by Gasteiger charge is -2.31. The van der Waals surface area contributed by atoms with Crippen LogP contribution in [0.15, 0.2) is 35.3 Å². The van der Waals surface area contributed by atoms with Crippen LogP contribution in [0.25, 0.3) is 0 Å². The second-order valence-corrected chi connectivity index (χ2v) is 7.10. The van der Waals surface area contributed by atoms with Crippen LogP contribution in [-0.2, 0) is 4.74 Å². The molecule has 2 unspecified atom stereocenters. The van der Waals surface area contributed by atoms with Gasteiger partial charge in [0, 0.05) is 38.3 Å². The summed E-state index contributed by atoms with van der Waals surface area (Å²) in [5, 5.41) is 10.4. The summed E-state index contributed by atoms with van der Waals surface area (Å²) in [6, 6.07) is 10.8. The molecule has 2 rings (SSSR count). The summed E-state index contributed by atoms with van der Waals surface area (Å²) in [5.74, 6) is 0.827. The maximum atomic E-state index is 5.64. The van der Waals surface area contributed by atoms with E-state index in [9.17, 15) is 0 Å². The van der Waals surface area contributed by atoms with Gasteiger partial charge in [-0.3, -0.25) is 4.99 Å². The Kier molecular flexibility index (Phi) is 7.06. The van der Waals surface area contributed by atoms with Gasteiger partial charge in [-0.05, 0) is 39.2 Å². The summed E-state index contributed by atoms with van der Waals surface area (Å²) in [7, 11) is 1.80. The van der Waals surface area contributed by atoms with E-state index in [1.165, 1.54) is 5.56 Å². The number of hydrogen-bond acceptors (Lipinski definition) is 3. The van der Waals surface area contributed by atoms with E-state index in [1.54, 1.807) is 7.05 Å². The van der Waals surface area contributed by atoms with Crippen molar-refractivity contribution in [1.29, 1.82) is 0 Å². The molecule has 2 atom stereocenters. The first kappa shape index (κ1) is 18.7. The van der Waals surface area contributed by atoms with Crippen LogP contribution in [0.4, 0.5) is 0 Å². The number of nitrogens with zero attached hydrogens (tertiary/aromatic N) is 1. The third-order valence-corrected chi connectivity index (χ3v) is 4.35. The van der Waals surface area contributed by atoms with Gasteiger partial charge in [0.1, 0.15) is 0 Å². The zero-order chi connectivity index (χ0) is 17.4. The van der Waals surface area contributed by atoms with Gasteiger partial charge in [-0.25, -0.2) is 0 Å². The number of rotatable bonds is 7. The zero-order valence-electron chi connectivity index (χ0n) is 15.4. The molecule has 0 saturated carbocycles. The fourth-order valence-electron chi connectivity index (χ4n) is 3.00. The molecule has 1 aromatic rings. The van der Waals surface area contributed by atoms with E-state index in [4.69, 9.17) is 4.74 Å². The van der Waals surface area contributed by atoms with Crippen molar-refractivity contribution in [3.63, 3.8) is 0 Å². The molecule has 0 bridgehead atoms. The van der Waals surface area contributed by atoms with Crippen LogP contribution in [0, 0.1) is 0 Å². The van der Waals surface area contributed by atoms with Crippen LogP contribution in [0.1, 0.15) is 45.2 Å². The maximum absolute atomic E-state index is 5.64. The molecular formula is C19H32N4O. The summed E-state index contributed by atoms with van der Waals surface area (Å²) in [5.41, 5.74) is 1.24. The minimum Gasteiger partial charge on any atom is -0.376 e. The molecule has 1 heterocycles. The first-order chi connectivity index (χ1) is 11.5. The Labute approximate surface area is 146 Å². The zero-order valence-corrected chi connectivity index (χ0v) is 15.4. The highest BCUT2D eigenvalue weighted by molar-refractivity contribution is 5.79. The van der Waals surface area contributed by atoms with Crippen molar-refractivity contribution in [2.45, 2.75) is 51.3 Å². The van der Waals surface area contributed by atoms with E-state index >= 15 is 0 Å². The summed E-state index contributed by atoms with van der Waals surface area (Å²) < 4.78 is 5.64. The lowest BCUT2D eigenvalue weighted by atomic mass is 10.0. The second kappa shape index (κ2) is 9.04. The largest absolute Gasteiger partial charge is 0.376 e. The van der Waals surface area contributed by atoms with Crippen LogP contribution in [0.3, 0.4) is 0 Å². The Morgan fingerprint density at radius 1 is 1.29 bits per heavy atom. The van der Waals surface area contributed by atoms with Crippen molar-refractivity contribution in [3.8, 4) is 0 Å². The Balaban J connectivity index is 1.77. The second-order valence-electron chi connectivity index (χ2n) is 7.10. The molecule has 0 aromatic heterocycles. The number of aliphatic imine (C=N–C) groups is 1. The predicted molar refractivity (Wildman–Crippen MR) is 100 cm³/mol. The van der Waals surface area contributed by atoms with Crippen molar-refractivity contribution in [2.75, 3.05) is 26.7 Å². The molecule has 5 nitrogen and oxygen atoms in total. The predicted octanol–water partition coefficient (Wildman–Crippen LogP) is 2.46. The third-order valence-electron chi connectivity index (χ3n) is 4.35. The minimum atomic E-state index is -0.0588. The SMILES string of the molecule is CN=C(NCC1CCCO1)NCC(C)(C)NC(C)c1ccccc1. The molecule has 3 N–H and O–H groups in total. The molecule has 0 aliphatic carbocycles. The lowest BCUT2D eigenvalue weighted by Crippen LogP contribution is -2.52. The molecule has 1 aliphatic rings. The van der Waals surface area contributed by atoms with Crippen molar-refractivity contribution >= 4 is 5.96 Å². The highest BCUT2D eigenvalue weighted by atomic mass is 16.5. The van der Waals surface area contributed by atoms with E-state index in [2.05, 4.69) is 66.0 Å². The van der Waals surface area contributed by atoms with Crippen LogP contribution in [0.5, 0.6) is 0 Å². The van der Waals surface area contributed by atoms with Gasteiger partial charge in [0.25, 0.3) is 0 Å². The Morgan fingerprint density at radius 3 is 2.67 bits per heavy atom. The first-order valence-electron chi connectivity index (χ1n) is 8.89. The standard InChI is InChI=1S/C19H32N4O/c1-15(16-9-6-5-7-10-16)23-19(2,3)14-22-18(20-4)21-13-17-11-8-12-24-17/h5-7,9-10,15,17,23H,8,11-14H2,1-4H3,(H2,20,21,22). The molecule has 1 aliphatic heterocycles. The Hall–Kier alpha value is -1.59. The fourth-order valence-corrected chi connectivity index (χ4v) is 3.00. The summed E-state index contributed by atoms with van der Waals surface area (Å²) in [6.45, 7) is 9.08. The van der Waals surface area contributed by atoms with Gasteiger partial charge in [-0.15, -0.1) is 0 Å². The third kappa shape index (κ3) is 6.13. The molecule has 5 heteroatoms. The number of benzene rings is 1. The van der Waals surface area contributed by atoms with Gasteiger partial charge < -0.3 is 20.7 Å². The number of nitrogens with one attached hydrogen (secondary N) is 3. The van der Waals surface area contributed by atoms with Gasteiger partial charge in [-0.2, -0.15) is 0 Å².